The van der Waals surface area contributed by atoms with Crippen LogP contribution in [0.15, 0.2) is 65.1 Å². The molecule has 3 aromatic carbocycles. The van der Waals surface area contributed by atoms with E-state index in [2.05, 4.69) is 21.2 Å². The summed E-state index contributed by atoms with van der Waals surface area (Å²) in [4.78, 5) is 27.1. The number of halogens is 2. The Hall–Kier alpha value is -2.57. The van der Waals surface area contributed by atoms with Crippen LogP contribution >= 0.6 is 27.5 Å². The van der Waals surface area contributed by atoms with Gasteiger partial charge in [-0.25, -0.2) is 0 Å². The van der Waals surface area contributed by atoms with Crippen molar-refractivity contribution in [2.45, 2.75) is 26.4 Å². The summed E-state index contributed by atoms with van der Waals surface area (Å²) in [5.74, 6) is 0.0314. The molecule has 0 bridgehead atoms. The van der Waals surface area contributed by atoms with Crippen molar-refractivity contribution >= 4 is 50.1 Å². The Morgan fingerprint density at radius 3 is 2.55 bits per heavy atom. The van der Waals surface area contributed by atoms with Gasteiger partial charge in [0.25, 0.3) is 5.91 Å². The van der Waals surface area contributed by atoms with Gasteiger partial charge in [0, 0.05) is 18.1 Å². The first kappa shape index (κ1) is 23.1. The quantitative estimate of drug-likeness (QED) is 0.460. The predicted molar refractivity (Wildman–Crippen MR) is 127 cm³/mol. The minimum absolute atomic E-state index is 0.203. The van der Waals surface area contributed by atoms with Gasteiger partial charge in [-0.1, -0.05) is 60.1 Å². The van der Waals surface area contributed by atoms with E-state index in [-0.39, 0.29) is 25.0 Å². The average molecular weight is 504 g/mol. The number of amides is 2. The van der Waals surface area contributed by atoms with Gasteiger partial charge in [-0.3, -0.25) is 9.59 Å². The van der Waals surface area contributed by atoms with Crippen LogP contribution in [0.4, 0.5) is 0 Å². The van der Waals surface area contributed by atoms with E-state index < -0.39 is 6.04 Å². The van der Waals surface area contributed by atoms with E-state index in [1.807, 2.05) is 61.5 Å². The van der Waals surface area contributed by atoms with Gasteiger partial charge in [0.1, 0.15) is 11.8 Å². The Morgan fingerprint density at radius 1 is 1.10 bits per heavy atom. The van der Waals surface area contributed by atoms with Crippen molar-refractivity contribution in [3.63, 3.8) is 0 Å². The van der Waals surface area contributed by atoms with Gasteiger partial charge in [0.15, 0.2) is 6.61 Å². The summed E-state index contributed by atoms with van der Waals surface area (Å²) in [6, 6.07) is 18.3. The van der Waals surface area contributed by atoms with E-state index >= 15 is 0 Å². The maximum Gasteiger partial charge on any atom is 0.261 e. The lowest BCUT2D eigenvalue weighted by Crippen LogP contribution is -2.49. The van der Waals surface area contributed by atoms with Gasteiger partial charge in [-0.2, -0.15) is 0 Å². The number of carbonyl (C=O) groups is 2. The second kappa shape index (κ2) is 10.6. The maximum atomic E-state index is 13.1. The van der Waals surface area contributed by atoms with E-state index in [1.54, 1.807) is 13.0 Å². The Balaban J connectivity index is 1.80. The van der Waals surface area contributed by atoms with E-state index in [9.17, 15) is 9.59 Å². The van der Waals surface area contributed by atoms with Crippen molar-refractivity contribution in [3.05, 3.63) is 75.7 Å². The zero-order valence-corrected chi connectivity index (χ0v) is 19.7. The number of likely N-dealkylation sites (N-methyl/N-ethyl adjacent to an activating group) is 1. The minimum Gasteiger partial charge on any atom is -0.483 e. The SMILES string of the molecule is CCNC(=O)[C@H](C)N(Cc1ccccc1Cl)C(=O)COc1ccc2ccccc2c1Br. The molecule has 0 aromatic heterocycles. The van der Waals surface area contributed by atoms with Crippen molar-refractivity contribution in [1.82, 2.24) is 10.2 Å². The first-order valence-electron chi connectivity index (χ1n) is 10.0. The van der Waals surface area contributed by atoms with Crippen molar-refractivity contribution in [1.29, 1.82) is 0 Å². The van der Waals surface area contributed by atoms with Crippen molar-refractivity contribution in [2.75, 3.05) is 13.2 Å². The highest BCUT2D eigenvalue weighted by Crippen LogP contribution is 2.33. The highest BCUT2D eigenvalue weighted by Gasteiger charge is 2.27. The summed E-state index contributed by atoms with van der Waals surface area (Å²) in [6.45, 7) is 4.03. The number of ether oxygens (including phenoxy) is 1. The van der Waals surface area contributed by atoms with Crippen molar-refractivity contribution in [3.8, 4) is 5.75 Å². The molecule has 0 radical (unpaired) electrons. The summed E-state index contributed by atoms with van der Waals surface area (Å²) >= 11 is 9.87. The molecule has 31 heavy (non-hydrogen) atoms. The monoisotopic (exact) mass is 502 g/mol. The first-order chi connectivity index (χ1) is 14.9. The molecular formula is C24H24BrClN2O3. The fourth-order valence-electron chi connectivity index (χ4n) is 3.26. The van der Waals surface area contributed by atoms with Crippen LogP contribution in [0.25, 0.3) is 10.8 Å². The summed E-state index contributed by atoms with van der Waals surface area (Å²) in [6.07, 6.45) is 0. The molecule has 5 nitrogen and oxygen atoms in total. The lowest BCUT2D eigenvalue weighted by atomic mass is 10.1. The molecule has 0 aliphatic carbocycles. The molecule has 0 saturated heterocycles. The van der Waals surface area contributed by atoms with Gasteiger partial charge in [0.2, 0.25) is 5.91 Å². The van der Waals surface area contributed by atoms with E-state index in [0.29, 0.717) is 17.3 Å². The first-order valence-corrected chi connectivity index (χ1v) is 11.2. The van der Waals surface area contributed by atoms with E-state index in [4.69, 9.17) is 16.3 Å². The number of nitrogens with zero attached hydrogens (tertiary/aromatic N) is 1. The summed E-state index contributed by atoms with van der Waals surface area (Å²) in [5, 5.41) is 5.38. The molecular weight excluding hydrogens is 480 g/mol. The topological polar surface area (TPSA) is 58.6 Å². The number of nitrogens with one attached hydrogen (secondary N) is 1. The van der Waals surface area contributed by atoms with Gasteiger partial charge in [-0.05, 0) is 58.2 Å². The van der Waals surface area contributed by atoms with Crippen LogP contribution < -0.4 is 10.1 Å². The number of hydrogen-bond acceptors (Lipinski definition) is 3. The van der Waals surface area contributed by atoms with Crippen molar-refractivity contribution < 1.29 is 14.3 Å². The van der Waals surface area contributed by atoms with Crippen LogP contribution in [-0.2, 0) is 16.1 Å². The minimum atomic E-state index is -0.674. The molecule has 0 aliphatic heterocycles. The average Bonchev–Trinajstić information content (AvgIpc) is 2.78. The largest absolute Gasteiger partial charge is 0.483 e. The molecule has 0 saturated carbocycles. The second-order valence-corrected chi connectivity index (χ2v) is 8.27. The van der Waals surface area contributed by atoms with Crippen LogP contribution in [0.5, 0.6) is 5.75 Å². The fraction of sp³-hybridized carbons (Fsp3) is 0.250. The molecule has 3 rings (SSSR count). The zero-order valence-electron chi connectivity index (χ0n) is 17.4. The van der Waals surface area contributed by atoms with Crippen LogP contribution in [-0.4, -0.2) is 35.9 Å². The highest BCUT2D eigenvalue weighted by atomic mass is 79.9. The third kappa shape index (κ3) is 5.57. The number of hydrogen-bond donors (Lipinski definition) is 1. The summed E-state index contributed by atoms with van der Waals surface area (Å²) < 4.78 is 6.63. The Bertz CT molecular complexity index is 1090. The third-order valence-electron chi connectivity index (χ3n) is 5.00. The zero-order chi connectivity index (χ0) is 22.4. The maximum absolute atomic E-state index is 13.1. The molecule has 3 aromatic rings. The van der Waals surface area contributed by atoms with Crippen molar-refractivity contribution in [2.24, 2.45) is 0 Å². The highest BCUT2D eigenvalue weighted by molar-refractivity contribution is 9.10. The number of rotatable bonds is 8. The van der Waals surface area contributed by atoms with E-state index in [1.165, 1.54) is 4.90 Å². The molecule has 0 fully saturated rings. The van der Waals surface area contributed by atoms with Gasteiger partial charge < -0.3 is 15.0 Å². The summed E-state index contributed by atoms with van der Waals surface area (Å²) in [7, 11) is 0. The van der Waals surface area contributed by atoms with Crippen LogP contribution in [0.2, 0.25) is 5.02 Å². The molecule has 1 atom stereocenters. The third-order valence-corrected chi connectivity index (χ3v) is 6.18. The smallest absolute Gasteiger partial charge is 0.261 e. The van der Waals surface area contributed by atoms with Crippen LogP contribution in [0, 0.1) is 0 Å². The van der Waals surface area contributed by atoms with Gasteiger partial charge in [0.05, 0.1) is 4.47 Å². The standard InChI is InChI=1S/C24H24BrClN2O3/c1-3-27-24(30)16(2)28(14-18-9-5-7-11-20(18)26)22(29)15-31-21-13-12-17-8-4-6-10-19(17)23(21)25/h4-13,16H,3,14-15H2,1-2H3,(H,27,30)/t16-/m0/s1. The molecule has 162 valence electrons. The fourth-order valence-corrected chi connectivity index (χ4v) is 4.07. The van der Waals surface area contributed by atoms with Crippen LogP contribution in [0.3, 0.4) is 0 Å². The molecule has 7 heteroatoms. The molecule has 1 N–H and O–H groups in total. The molecule has 0 aliphatic rings. The van der Waals surface area contributed by atoms with Gasteiger partial charge >= 0.3 is 0 Å². The number of benzene rings is 3. The number of fused-ring (bicyclic) bond motifs is 1. The molecule has 0 heterocycles. The van der Waals surface area contributed by atoms with E-state index in [0.717, 1.165) is 20.8 Å². The predicted octanol–water partition coefficient (Wildman–Crippen LogP) is 5.19. The van der Waals surface area contributed by atoms with Crippen LogP contribution in [0.1, 0.15) is 19.4 Å². The van der Waals surface area contributed by atoms with Gasteiger partial charge in [-0.15, -0.1) is 0 Å². The normalized spacial score (nSPS) is 11.7. The Kier molecular flexibility index (Phi) is 7.93. The lowest BCUT2D eigenvalue weighted by molar-refractivity contribution is -0.142. The summed E-state index contributed by atoms with van der Waals surface area (Å²) in [5.41, 5.74) is 0.764. The second-order valence-electron chi connectivity index (χ2n) is 7.07. The molecule has 2 amide bonds. The lowest BCUT2D eigenvalue weighted by Gasteiger charge is -2.29. The molecule has 0 unspecified atom stereocenters. The Labute approximate surface area is 195 Å². The Morgan fingerprint density at radius 2 is 1.81 bits per heavy atom. The number of carbonyl (C=O) groups excluding carboxylic acids is 2. The molecule has 0 spiro atoms.